The molecule has 8 heteroatoms. The number of nitrogens with one attached hydrogen (secondary N) is 1. The minimum absolute atomic E-state index is 0.0849. The van der Waals surface area contributed by atoms with Crippen LogP contribution in [0.15, 0.2) is 68.3 Å². The summed E-state index contributed by atoms with van der Waals surface area (Å²) in [5.41, 5.74) is 0.970. The molecule has 1 amide bonds. The monoisotopic (exact) mass is 336 g/mol. The van der Waals surface area contributed by atoms with Crippen LogP contribution in [-0.2, 0) is 6.54 Å². The van der Waals surface area contributed by atoms with E-state index < -0.39 is 5.91 Å². The molecule has 0 atom stereocenters. The van der Waals surface area contributed by atoms with Gasteiger partial charge in [0.2, 0.25) is 17.5 Å². The normalized spacial score (nSPS) is 10.7. The summed E-state index contributed by atoms with van der Waals surface area (Å²) in [7, 11) is 0. The fourth-order valence-corrected chi connectivity index (χ4v) is 2.19. The lowest BCUT2D eigenvalue weighted by Gasteiger charge is -1.97. The largest absolute Gasteiger partial charge is 0.461 e. The summed E-state index contributed by atoms with van der Waals surface area (Å²) in [4.78, 5) is 16.4. The Bertz CT molecular complexity index is 973. The Hall–Kier alpha value is -3.68. The highest BCUT2D eigenvalue weighted by Gasteiger charge is 2.16. The maximum Gasteiger partial charge on any atom is 0.273 e. The van der Waals surface area contributed by atoms with Crippen LogP contribution in [0.3, 0.4) is 0 Å². The summed E-state index contributed by atoms with van der Waals surface area (Å²) in [6, 6.07) is 14.3. The summed E-state index contributed by atoms with van der Waals surface area (Å²) in [5.74, 6) is 1.21. The van der Waals surface area contributed by atoms with Gasteiger partial charge >= 0.3 is 0 Å². The van der Waals surface area contributed by atoms with Gasteiger partial charge in [0.15, 0.2) is 11.5 Å². The van der Waals surface area contributed by atoms with Gasteiger partial charge in [0.1, 0.15) is 0 Å². The number of amides is 1. The van der Waals surface area contributed by atoms with Crippen molar-refractivity contribution in [2.45, 2.75) is 6.54 Å². The Morgan fingerprint density at radius 2 is 1.88 bits per heavy atom. The SMILES string of the molecule is O=C(NCc1nc(-c2ccccc2)no1)c1cc(-c2ccco2)on1. The maximum atomic E-state index is 12.1. The average Bonchev–Trinajstić information content (AvgIpc) is 3.41. The number of carbonyl (C=O) groups excluding carboxylic acids is 1. The molecule has 0 aliphatic rings. The third-order valence-electron chi connectivity index (χ3n) is 3.41. The molecule has 25 heavy (non-hydrogen) atoms. The van der Waals surface area contributed by atoms with Crippen molar-refractivity contribution < 1.29 is 18.3 Å². The summed E-state index contributed by atoms with van der Waals surface area (Å²) < 4.78 is 15.4. The molecular weight excluding hydrogens is 324 g/mol. The number of hydrogen-bond donors (Lipinski definition) is 1. The van der Waals surface area contributed by atoms with E-state index in [1.165, 1.54) is 12.3 Å². The molecule has 0 aliphatic carbocycles. The van der Waals surface area contributed by atoms with Crippen molar-refractivity contribution in [2.75, 3.05) is 0 Å². The molecule has 0 saturated carbocycles. The Morgan fingerprint density at radius 3 is 2.68 bits per heavy atom. The minimum Gasteiger partial charge on any atom is -0.461 e. The van der Waals surface area contributed by atoms with Crippen LogP contribution in [0.2, 0.25) is 0 Å². The van der Waals surface area contributed by atoms with Crippen molar-refractivity contribution in [1.29, 1.82) is 0 Å². The van der Waals surface area contributed by atoms with Crippen molar-refractivity contribution in [3.63, 3.8) is 0 Å². The van der Waals surface area contributed by atoms with Crippen LogP contribution >= 0.6 is 0 Å². The molecule has 0 spiro atoms. The van der Waals surface area contributed by atoms with Crippen LogP contribution in [0.1, 0.15) is 16.4 Å². The fraction of sp³-hybridized carbons (Fsp3) is 0.0588. The molecule has 3 aromatic heterocycles. The molecule has 3 heterocycles. The molecule has 0 aliphatic heterocycles. The number of rotatable bonds is 5. The van der Waals surface area contributed by atoms with Gasteiger partial charge < -0.3 is 18.8 Å². The Morgan fingerprint density at radius 1 is 1.00 bits per heavy atom. The first-order valence-electron chi connectivity index (χ1n) is 7.46. The van der Waals surface area contributed by atoms with Crippen LogP contribution in [0.5, 0.6) is 0 Å². The van der Waals surface area contributed by atoms with E-state index in [9.17, 15) is 4.79 Å². The highest BCUT2D eigenvalue weighted by atomic mass is 16.5. The highest BCUT2D eigenvalue weighted by molar-refractivity contribution is 5.92. The van der Waals surface area contributed by atoms with Crippen LogP contribution in [-0.4, -0.2) is 21.2 Å². The molecule has 0 bridgehead atoms. The Kier molecular flexibility index (Phi) is 3.83. The highest BCUT2D eigenvalue weighted by Crippen LogP contribution is 2.20. The second-order valence-corrected chi connectivity index (χ2v) is 5.11. The minimum atomic E-state index is -0.416. The molecule has 0 fully saturated rings. The molecule has 0 unspecified atom stereocenters. The first-order valence-corrected chi connectivity index (χ1v) is 7.46. The molecule has 4 aromatic rings. The van der Waals surface area contributed by atoms with Crippen LogP contribution in [0.4, 0.5) is 0 Å². The predicted octanol–water partition coefficient (Wildman–Crippen LogP) is 2.91. The lowest BCUT2D eigenvalue weighted by molar-refractivity contribution is 0.0937. The van der Waals surface area contributed by atoms with Gasteiger partial charge in [-0.15, -0.1) is 0 Å². The molecule has 4 rings (SSSR count). The van der Waals surface area contributed by atoms with Gasteiger partial charge in [0.05, 0.1) is 12.8 Å². The lowest BCUT2D eigenvalue weighted by atomic mass is 10.2. The van der Waals surface area contributed by atoms with Gasteiger partial charge in [0.25, 0.3) is 5.91 Å². The van der Waals surface area contributed by atoms with Crippen molar-refractivity contribution in [1.82, 2.24) is 20.6 Å². The number of nitrogens with zero attached hydrogens (tertiary/aromatic N) is 3. The van der Waals surface area contributed by atoms with Crippen molar-refractivity contribution in [3.8, 4) is 22.9 Å². The van der Waals surface area contributed by atoms with Gasteiger partial charge in [-0.2, -0.15) is 4.98 Å². The predicted molar refractivity (Wildman–Crippen MR) is 85.1 cm³/mol. The third-order valence-corrected chi connectivity index (χ3v) is 3.41. The van der Waals surface area contributed by atoms with E-state index in [0.29, 0.717) is 23.2 Å². The standard InChI is InChI=1S/C17H12N4O4/c22-17(12-9-14(24-20-12)13-7-4-8-23-13)18-10-15-19-16(21-25-15)11-5-2-1-3-6-11/h1-9H,10H2,(H,18,22). The topological polar surface area (TPSA) is 107 Å². The molecule has 0 saturated heterocycles. The van der Waals surface area contributed by atoms with E-state index >= 15 is 0 Å². The molecule has 0 radical (unpaired) electrons. The van der Waals surface area contributed by atoms with E-state index in [4.69, 9.17) is 13.5 Å². The Balaban J connectivity index is 1.40. The first-order chi connectivity index (χ1) is 12.3. The summed E-state index contributed by atoms with van der Waals surface area (Å²) in [5, 5.41) is 10.3. The van der Waals surface area contributed by atoms with Crippen LogP contribution in [0, 0.1) is 0 Å². The molecular formula is C17H12N4O4. The van der Waals surface area contributed by atoms with E-state index in [2.05, 4.69) is 20.6 Å². The van der Waals surface area contributed by atoms with E-state index in [1.54, 1.807) is 12.1 Å². The number of aromatic nitrogens is 3. The fourth-order valence-electron chi connectivity index (χ4n) is 2.19. The van der Waals surface area contributed by atoms with E-state index in [-0.39, 0.29) is 12.2 Å². The van der Waals surface area contributed by atoms with E-state index in [1.807, 2.05) is 30.3 Å². The number of hydrogen-bond acceptors (Lipinski definition) is 7. The maximum absolute atomic E-state index is 12.1. The Labute approximate surface area is 141 Å². The molecule has 8 nitrogen and oxygen atoms in total. The second kappa shape index (κ2) is 6.44. The van der Waals surface area contributed by atoms with Crippen LogP contribution < -0.4 is 5.32 Å². The third kappa shape index (κ3) is 3.18. The molecule has 1 N–H and O–H groups in total. The first kappa shape index (κ1) is 14.9. The zero-order chi connectivity index (χ0) is 17.1. The molecule has 1 aromatic carbocycles. The van der Waals surface area contributed by atoms with Gasteiger partial charge in [-0.05, 0) is 12.1 Å². The smallest absolute Gasteiger partial charge is 0.273 e. The number of furan rings is 1. The summed E-state index contributed by atoms with van der Waals surface area (Å²) in [6.07, 6.45) is 1.51. The van der Waals surface area contributed by atoms with Gasteiger partial charge in [0, 0.05) is 11.6 Å². The van der Waals surface area contributed by atoms with Gasteiger partial charge in [-0.1, -0.05) is 40.6 Å². The van der Waals surface area contributed by atoms with Crippen molar-refractivity contribution in [3.05, 3.63) is 66.4 Å². The zero-order valence-corrected chi connectivity index (χ0v) is 12.9. The van der Waals surface area contributed by atoms with E-state index in [0.717, 1.165) is 5.56 Å². The number of benzene rings is 1. The lowest BCUT2D eigenvalue weighted by Crippen LogP contribution is -2.23. The average molecular weight is 336 g/mol. The molecule has 124 valence electrons. The van der Waals surface area contributed by atoms with Crippen molar-refractivity contribution in [2.24, 2.45) is 0 Å². The zero-order valence-electron chi connectivity index (χ0n) is 12.9. The quantitative estimate of drug-likeness (QED) is 0.597. The van der Waals surface area contributed by atoms with Crippen LogP contribution in [0.25, 0.3) is 22.9 Å². The number of carbonyl (C=O) groups is 1. The summed E-state index contributed by atoms with van der Waals surface area (Å²) in [6.45, 7) is 0.0849. The van der Waals surface area contributed by atoms with Gasteiger partial charge in [-0.3, -0.25) is 4.79 Å². The van der Waals surface area contributed by atoms with Crippen molar-refractivity contribution >= 4 is 5.91 Å². The summed E-state index contributed by atoms with van der Waals surface area (Å²) >= 11 is 0. The van der Waals surface area contributed by atoms with Gasteiger partial charge in [-0.25, -0.2) is 0 Å². The second-order valence-electron chi connectivity index (χ2n) is 5.11.